The SMILES string of the molecule is CN1CCC23C=C[C@H](O)C[C@@H]2Oc2c(O)ccc(c23)C1. The molecule has 0 radical (unpaired) electrons. The summed E-state index contributed by atoms with van der Waals surface area (Å²) >= 11 is 0. The third kappa shape index (κ3) is 1.49. The molecule has 4 rings (SSSR count). The third-order valence-electron chi connectivity index (χ3n) is 4.94. The Balaban J connectivity index is 1.96. The molecule has 0 saturated carbocycles. The second kappa shape index (κ2) is 3.99. The van der Waals surface area contributed by atoms with E-state index < -0.39 is 6.10 Å². The lowest BCUT2D eigenvalue weighted by atomic mass is 9.69. The van der Waals surface area contributed by atoms with Gasteiger partial charge in [0.2, 0.25) is 0 Å². The first kappa shape index (κ1) is 12.2. The first-order valence-electron chi connectivity index (χ1n) is 7.18. The largest absolute Gasteiger partial charge is 0.504 e. The summed E-state index contributed by atoms with van der Waals surface area (Å²) in [5.74, 6) is 0.839. The molecule has 106 valence electrons. The molecule has 0 bridgehead atoms. The van der Waals surface area contributed by atoms with Gasteiger partial charge in [-0.1, -0.05) is 18.2 Å². The van der Waals surface area contributed by atoms with Gasteiger partial charge in [-0.3, -0.25) is 0 Å². The van der Waals surface area contributed by atoms with Crippen LogP contribution >= 0.6 is 0 Å². The fourth-order valence-corrected chi connectivity index (χ4v) is 3.93. The molecule has 0 amide bonds. The molecule has 1 aromatic carbocycles. The molecule has 1 aliphatic carbocycles. The molecule has 3 atom stereocenters. The molecular formula is C16H19NO3. The fourth-order valence-electron chi connectivity index (χ4n) is 3.93. The van der Waals surface area contributed by atoms with E-state index in [1.807, 2.05) is 12.1 Å². The number of rotatable bonds is 0. The second-order valence-electron chi connectivity index (χ2n) is 6.24. The van der Waals surface area contributed by atoms with Crippen LogP contribution in [0.3, 0.4) is 0 Å². The van der Waals surface area contributed by atoms with Crippen molar-refractivity contribution in [3.8, 4) is 11.5 Å². The molecule has 2 heterocycles. The first-order valence-corrected chi connectivity index (χ1v) is 7.18. The molecule has 1 spiro atoms. The Morgan fingerprint density at radius 1 is 1.40 bits per heavy atom. The summed E-state index contributed by atoms with van der Waals surface area (Å²) in [4.78, 5) is 2.30. The van der Waals surface area contributed by atoms with Crippen molar-refractivity contribution in [3.05, 3.63) is 35.4 Å². The summed E-state index contributed by atoms with van der Waals surface area (Å²) in [5, 5.41) is 20.0. The molecule has 0 fully saturated rings. The zero-order valence-electron chi connectivity index (χ0n) is 11.5. The zero-order chi connectivity index (χ0) is 13.9. The number of hydrogen-bond acceptors (Lipinski definition) is 4. The standard InChI is InChI=1S/C16H19NO3/c1-17-7-6-16-5-4-11(18)8-13(16)20-15-12(19)3-2-10(9-17)14(15)16/h2-5,11,13,18-19H,6-9H2,1H3/t11-,13-,16?/m0/s1. The summed E-state index contributed by atoms with van der Waals surface area (Å²) in [5.41, 5.74) is 2.17. The van der Waals surface area contributed by atoms with E-state index in [2.05, 4.69) is 18.0 Å². The predicted molar refractivity (Wildman–Crippen MR) is 74.9 cm³/mol. The summed E-state index contributed by atoms with van der Waals surface area (Å²) in [6.45, 7) is 1.85. The second-order valence-corrected chi connectivity index (χ2v) is 6.24. The van der Waals surface area contributed by atoms with Gasteiger partial charge in [-0.15, -0.1) is 0 Å². The normalized spacial score (nSPS) is 35.1. The third-order valence-corrected chi connectivity index (χ3v) is 4.94. The van der Waals surface area contributed by atoms with Gasteiger partial charge in [0.1, 0.15) is 6.10 Å². The van der Waals surface area contributed by atoms with Gasteiger partial charge < -0.3 is 19.8 Å². The summed E-state index contributed by atoms with van der Waals surface area (Å²) in [6.07, 6.45) is 5.02. The van der Waals surface area contributed by atoms with Gasteiger partial charge >= 0.3 is 0 Å². The maximum absolute atomic E-state index is 10.1. The highest BCUT2D eigenvalue weighted by molar-refractivity contribution is 5.60. The smallest absolute Gasteiger partial charge is 0.165 e. The van der Waals surface area contributed by atoms with Crippen LogP contribution < -0.4 is 4.74 Å². The molecule has 1 unspecified atom stereocenters. The number of nitrogens with zero attached hydrogens (tertiary/aromatic N) is 1. The van der Waals surface area contributed by atoms with Gasteiger partial charge in [-0.05, 0) is 31.6 Å². The average Bonchev–Trinajstić information content (AvgIpc) is 2.68. The molecular weight excluding hydrogens is 254 g/mol. The fraction of sp³-hybridized carbons (Fsp3) is 0.500. The summed E-state index contributed by atoms with van der Waals surface area (Å²) in [7, 11) is 2.12. The maximum atomic E-state index is 10.1. The van der Waals surface area contributed by atoms with Gasteiger partial charge in [0.15, 0.2) is 11.5 Å². The molecule has 0 saturated heterocycles. The minimum atomic E-state index is -0.452. The average molecular weight is 273 g/mol. The highest BCUT2D eigenvalue weighted by atomic mass is 16.5. The number of ether oxygens (including phenoxy) is 1. The molecule has 4 heteroatoms. The van der Waals surface area contributed by atoms with Gasteiger partial charge in [0.05, 0.1) is 11.5 Å². The number of phenols is 1. The van der Waals surface area contributed by atoms with Crippen LogP contribution in [0.15, 0.2) is 24.3 Å². The molecule has 1 aromatic rings. The van der Waals surface area contributed by atoms with Crippen molar-refractivity contribution in [3.63, 3.8) is 0 Å². The van der Waals surface area contributed by atoms with E-state index in [0.29, 0.717) is 12.2 Å². The van der Waals surface area contributed by atoms with Crippen LogP contribution in [0.25, 0.3) is 0 Å². The molecule has 2 aliphatic heterocycles. The van der Waals surface area contributed by atoms with Crippen LogP contribution in [0, 0.1) is 0 Å². The van der Waals surface area contributed by atoms with Crippen LogP contribution in [0.5, 0.6) is 11.5 Å². The minimum Gasteiger partial charge on any atom is -0.504 e. The van der Waals surface area contributed by atoms with Gasteiger partial charge in [0, 0.05) is 18.5 Å². The van der Waals surface area contributed by atoms with E-state index in [4.69, 9.17) is 4.74 Å². The van der Waals surface area contributed by atoms with E-state index in [9.17, 15) is 10.2 Å². The van der Waals surface area contributed by atoms with Crippen molar-refractivity contribution in [2.24, 2.45) is 0 Å². The highest BCUT2D eigenvalue weighted by Crippen LogP contribution is 2.55. The Morgan fingerprint density at radius 3 is 3.10 bits per heavy atom. The van der Waals surface area contributed by atoms with Crippen LogP contribution in [-0.4, -0.2) is 40.9 Å². The molecule has 0 aromatic heterocycles. The summed E-state index contributed by atoms with van der Waals surface area (Å²) in [6, 6.07) is 3.72. The van der Waals surface area contributed by atoms with E-state index >= 15 is 0 Å². The topological polar surface area (TPSA) is 52.9 Å². The van der Waals surface area contributed by atoms with Crippen molar-refractivity contribution in [1.82, 2.24) is 4.90 Å². The van der Waals surface area contributed by atoms with Crippen LogP contribution in [-0.2, 0) is 12.0 Å². The molecule has 2 N–H and O–H groups in total. The van der Waals surface area contributed by atoms with Crippen molar-refractivity contribution >= 4 is 0 Å². The quantitative estimate of drug-likeness (QED) is 0.704. The maximum Gasteiger partial charge on any atom is 0.165 e. The number of aromatic hydroxyl groups is 1. The Morgan fingerprint density at radius 2 is 2.25 bits per heavy atom. The number of aliphatic hydroxyl groups excluding tert-OH is 1. The van der Waals surface area contributed by atoms with E-state index in [1.165, 1.54) is 5.56 Å². The molecule has 20 heavy (non-hydrogen) atoms. The van der Waals surface area contributed by atoms with Crippen molar-refractivity contribution < 1.29 is 14.9 Å². The Hall–Kier alpha value is -1.52. The van der Waals surface area contributed by atoms with E-state index in [1.54, 1.807) is 6.07 Å². The monoisotopic (exact) mass is 273 g/mol. The first-order chi connectivity index (χ1) is 9.60. The van der Waals surface area contributed by atoms with Crippen molar-refractivity contribution in [2.75, 3.05) is 13.6 Å². The lowest BCUT2D eigenvalue weighted by molar-refractivity contribution is 0.0822. The van der Waals surface area contributed by atoms with Crippen molar-refractivity contribution in [2.45, 2.75) is 37.0 Å². The molecule has 4 nitrogen and oxygen atoms in total. The van der Waals surface area contributed by atoms with E-state index in [0.717, 1.165) is 25.1 Å². The number of phenolic OH excluding ortho intramolecular Hbond substituents is 1. The number of hydrogen-bond donors (Lipinski definition) is 2. The highest BCUT2D eigenvalue weighted by Gasteiger charge is 2.52. The van der Waals surface area contributed by atoms with Gasteiger partial charge in [0.25, 0.3) is 0 Å². The Labute approximate surface area is 118 Å². The minimum absolute atomic E-state index is 0.0731. The van der Waals surface area contributed by atoms with Crippen molar-refractivity contribution in [1.29, 1.82) is 0 Å². The number of benzene rings is 1. The van der Waals surface area contributed by atoms with Crippen LogP contribution in [0.1, 0.15) is 24.0 Å². The molecule has 3 aliphatic rings. The number of aliphatic hydroxyl groups is 1. The van der Waals surface area contributed by atoms with E-state index in [-0.39, 0.29) is 17.3 Å². The van der Waals surface area contributed by atoms with Gasteiger partial charge in [-0.2, -0.15) is 0 Å². The van der Waals surface area contributed by atoms with Crippen LogP contribution in [0.2, 0.25) is 0 Å². The zero-order valence-corrected chi connectivity index (χ0v) is 11.5. The Bertz CT molecular complexity index is 598. The lowest BCUT2D eigenvalue weighted by Gasteiger charge is -2.35. The van der Waals surface area contributed by atoms with Crippen LogP contribution in [0.4, 0.5) is 0 Å². The predicted octanol–water partition coefficient (Wildman–Crippen LogP) is 1.55. The van der Waals surface area contributed by atoms with Gasteiger partial charge in [-0.25, -0.2) is 0 Å². The lowest BCUT2D eigenvalue weighted by Crippen LogP contribution is -2.42. The Kier molecular flexibility index (Phi) is 2.44. The summed E-state index contributed by atoms with van der Waals surface area (Å²) < 4.78 is 6.04.